The van der Waals surface area contributed by atoms with E-state index in [1.165, 1.54) is 5.56 Å². The van der Waals surface area contributed by atoms with E-state index in [4.69, 9.17) is 0 Å². The molecular formula is C12H20N4O. The fraction of sp³-hybridized carbons (Fsp3) is 0.667. The Kier molecular flexibility index (Phi) is 3.59. The standard InChI is InChI=1S/C12H20N4O/c1-9(17)6-16(3)12-10-7-15(2)5-4-11(10)13-8-14-12/h8-9,17H,4-7H2,1-3H3. The summed E-state index contributed by atoms with van der Waals surface area (Å²) in [4.78, 5) is 13.0. The molecule has 2 rings (SSSR count). The highest BCUT2D eigenvalue weighted by Crippen LogP contribution is 2.24. The van der Waals surface area contributed by atoms with Gasteiger partial charge in [0.25, 0.3) is 0 Å². The lowest BCUT2D eigenvalue weighted by atomic mass is 10.1. The van der Waals surface area contributed by atoms with Crippen molar-refractivity contribution in [1.29, 1.82) is 0 Å². The van der Waals surface area contributed by atoms with Gasteiger partial charge in [-0.2, -0.15) is 0 Å². The molecule has 0 saturated heterocycles. The normalized spacial score (nSPS) is 17.6. The molecule has 1 aliphatic heterocycles. The number of aromatic nitrogens is 2. The number of likely N-dealkylation sites (N-methyl/N-ethyl adjacent to an activating group) is 2. The first-order valence-electron chi connectivity index (χ1n) is 5.98. The highest BCUT2D eigenvalue weighted by Gasteiger charge is 2.20. The summed E-state index contributed by atoms with van der Waals surface area (Å²) in [5, 5.41) is 9.44. The Bertz CT molecular complexity index is 394. The molecule has 0 spiro atoms. The molecule has 0 fully saturated rings. The molecule has 1 aliphatic rings. The van der Waals surface area contributed by atoms with Crippen LogP contribution in [-0.2, 0) is 13.0 Å². The molecule has 1 aromatic rings. The molecule has 1 N–H and O–H groups in total. The van der Waals surface area contributed by atoms with E-state index in [2.05, 4.69) is 21.9 Å². The van der Waals surface area contributed by atoms with Gasteiger partial charge in [0.15, 0.2) is 0 Å². The van der Waals surface area contributed by atoms with E-state index in [-0.39, 0.29) is 6.10 Å². The van der Waals surface area contributed by atoms with Gasteiger partial charge in [-0.25, -0.2) is 9.97 Å². The number of aliphatic hydroxyl groups excluding tert-OH is 1. The molecular weight excluding hydrogens is 216 g/mol. The number of aliphatic hydroxyl groups is 1. The molecule has 5 nitrogen and oxygen atoms in total. The highest BCUT2D eigenvalue weighted by molar-refractivity contribution is 5.48. The predicted molar refractivity (Wildman–Crippen MR) is 67.0 cm³/mol. The Morgan fingerprint density at radius 1 is 1.53 bits per heavy atom. The van der Waals surface area contributed by atoms with Crippen LogP contribution in [0.3, 0.4) is 0 Å². The number of fused-ring (bicyclic) bond motifs is 1. The number of rotatable bonds is 3. The summed E-state index contributed by atoms with van der Waals surface area (Å²) >= 11 is 0. The fourth-order valence-electron chi connectivity index (χ4n) is 2.27. The van der Waals surface area contributed by atoms with Crippen molar-refractivity contribution >= 4 is 5.82 Å². The van der Waals surface area contributed by atoms with E-state index in [0.29, 0.717) is 6.54 Å². The first-order chi connectivity index (χ1) is 8.08. The Morgan fingerprint density at radius 3 is 3.00 bits per heavy atom. The van der Waals surface area contributed by atoms with E-state index in [0.717, 1.165) is 31.0 Å². The lowest BCUT2D eigenvalue weighted by Gasteiger charge is -2.29. The smallest absolute Gasteiger partial charge is 0.136 e. The first-order valence-corrected chi connectivity index (χ1v) is 5.98. The topological polar surface area (TPSA) is 52.5 Å². The van der Waals surface area contributed by atoms with E-state index >= 15 is 0 Å². The Labute approximate surface area is 102 Å². The second-order valence-corrected chi connectivity index (χ2v) is 4.84. The highest BCUT2D eigenvalue weighted by atomic mass is 16.3. The van der Waals surface area contributed by atoms with Crippen LogP contribution in [0.25, 0.3) is 0 Å². The van der Waals surface area contributed by atoms with Crippen LogP contribution >= 0.6 is 0 Å². The lowest BCUT2D eigenvalue weighted by Crippen LogP contribution is -2.33. The minimum absolute atomic E-state index is 0.355. The summed E-state index contributed by atoms with van der Waals surface area (Å²) in [5.41, 5.74) is 2.34. The van der Waals surface area contributed by atoms with Gasteiger partial charge in [-0.05, 0) is 14.0 Å². The lowest BCUT2D eigenvalue weighted by molar-refractivity contribution is 0.201. The second-order valence-electron chi connectivity index (χ2n) is 4.84. The number of anilines is 1. The summed E-state index contributed by atoms with van der Waals surface area (Å²) in [6, 6.07) is 0. The van der Waals surface area contributed by atoms with Crippen molar-refractivity contribution in [2.45, 2.75) is 26.0 Å². The molecule has 1 atom stereocenters. The Hall–Kier alpha value is -1.20. The summed E-state index contributed by atoms with van der Waals surface area (Å²) < 4.78 is 0. The fourth-order valence-corrected chi connectivity index (χ4v) is 2.27. The van der Waals surface area contributed by atoms with Gasteiger partial charge in [0.05, 0.1) is 11.8 Å². The molecule has 0 radical (unpaired) electrons. The average Bonchev–Trinajstić information content (AvgIpc) is 2.27. The number of hydrogen-bond acceptors (Lipinski definition) is 5. The van der Waals surface area contributed by atoms with Crippen LogP contribution in [0.1, 0.15) is 18.2 Å². The largest absolute Gasteiger partial charge is 0.392 e. The van der Waals surface area contributed by atoms with Gasteiger partial charge < -0.3 is 14.9 Å². The molecule has 1 aromatic heterocycles. The molecule has 1 unspecified atom stereocenters. The van der Waals surface area contributed by atoms with Gasteiger partial charge in [0, 0.05) is 38.7 Å². The third-order valence-electron chi connectivity index (χ3n) is 3.07. The third-order valence-corrected chi connectivity index (χ3v) is 3.07. The van der Waals surface area contributed by atoms with Crippen molar-refractivity contribution in [2.75, 3.05) is 32.1 Å². The van der Waals surface area contributed by atoms with Crippen LogP contribution in [0.5, 0.6) is 0 Å². The van der Waals surface area contributed by atoms with Crippen molar-refractivity contribution in [2.24, 2.45) is 0 Å². The van der Waals surface area contributed by atoms with Crippen LogP contribution in [0.4, 0.5) is 5.82 Å². The van der Waals surface area contributed by atoms with Gasteiger partial charge in [-0.3, -0.25) is 0 Å². The minimum atomic E-state index is -0.355. The summed E-state index contributed by atoms with van der Waals surface area (Å²) in [5.74, 6) is 0.947. The van der Waals surface area contributed by atoms with Crippen LogP contribution in [0, 0.1) is 0 Å². The summed E-state index contributed by atoms with van der Waals surface area (Å²) in [6.45, 7) is 4.31. The minimum Gasteiger partial charge on any atom is -0.392 e. The van der Waals surface area contributed by atoms with E-state index in [1.54, 1.807) is 13.3 Å². The average molecular weight is 236 g/mol. The van der Waals surface area contributed by atoms with Crippen LogP contribution in [0.2, 0.25) is 0 Å². The number of nitrogens with zero attached hydrogens (tertiary/aromatic N) is 4. The quantitative estimate of drug-likeness (QED) is 0.817. The maximum Gasteiger partial charge on any atom is 0.136 e. The molecule has 17 heavy (non-hydrogen) atoms. The van der Waals surface area contributed by atoms with Crippen molar-refractivity contribution in [3.8, 4) is 0 Å². The van der Waals surface area contributed by atoms with E-state index in [1.807, 2.05) is 11.9 Å². The molecule has 0 amide bonds. The Balaban J connectivity index is 2.28. The molecule has 0 saturated carbocycles. The van der Waals surface area contributed by atoms with Gasteiger partial charge in [-0.15, -0.1) is 0 Å². The van der Waals surface area contributed by atoms with Gasteiger partial charge in [-0.1, -0.05) is 0 Å². The zero-order valence-corrected chi connectivity index (χ0v) is 10.7. The van der Waals surface area contributed by atoms with Crippen molar-refractivity contribution in [1.82, 2.24) is 14.9 Å². The van der Waals surface area contributed by atoms with Crippen LogP contribution in [0.15, 0.2) is 6.33 Å². The van der Waals surface area contributed by atoms with E-state index in [9.17, 15) is 5.11 Å². The summed E-state index contributed by atoms with van der Waals surface area (Å²) in [7, 11) is 4.07. The second kappa shape index (κ2) is 4.98. The van der Waals surface area contributed by atoms with Crippen molar-refractivity contribution in [3.05, 3.63) is 17.6 Å². The maximum atomic E-state index is 9.44. The molecule has 5 heteroatoms. The monoisotopic (exact) mass is 236 g/mol. The van der Waals surface area contributed by atoms with Gasteiger partial charge in [0.2, 0.25) is 0 Å². The van der Waals surface area contributed by atoms with Crippen molar-refractivity contribution < 1.29 is 5.11 Å². The zero-order chi connectivity index (χ0) is 12.4. The first kappa shape index (κ1) is 12.3. The third kappa shape index (κ3) is 2.73. The van der Waals surface area contributed by atoms with Crippen molar-refractivity contribution in [3.63, 3.8) is 0 Å². The number of hydrogen-bond donors (Lipinski definition) is 1. The van der Waals surface area contributed by atoms with Crippen LogP contribution < -0.4 is 4.90 Å². The zero-order valence-electron chi connectivity index (χ0n) is 10.7. The molecule has 0 aromatic carbocycles. The predicted octanol–water partition coefficient (Wildman–Crippen LogP) is 0.281. The summed E-state index contributed by atoms with van der Waals surface area (Å²) in [6.07, 6.45) is 2.24. The van der Waals surface area contributed by atoms with Gasteiger partial charge in [0.1, 0.15) is 12.1 Å². The molecule has 2 heterocycles. The SMILES string of the molecule is CC(O)CN(C)c1ncnc2c1CN(C)CC2. The van der Waals surface area contributed by atoms with Crippen LogP contribution in [-0.4, -0.2) is 53.3 Å². The maximum absolute atomic E-state index is 9.44. The molecule has 0 aliphatic carbocycles. The molecule has 94 valence electrons. The Morgan fingerprint density at radius 2 is 2.29 bits per heavy atom. The molecule has 0 bridgehead atoms. The van der Waals surface area contributed by atoms with Gasteiger partial charge >= 0.3 is 0 Å². The van der Waals surface area contributed by atoms with E-state index < -0.39 is 0 Å².